The number of Topliss-reactive ketones (excluding diaryl/α,β-unsaturated/α-hetero) is 1. The molecule has 0 bridgehead atoms. The monoisotopic (exact) mass is 456 g/mol. The Morgan fingerprint density at radius 3 is 2.55 bits per heavy atom. The van der Waals surface area contributed by atoms with Gasteiger partial charge in [0.05, 0.1) is 18.6 Å². The minimum Gasteiger partial charge on any atom is -0.384 e. The van der Waals surface area contributed by atoms with Crippen molar-refractivity contribution >= 4 is 11.7 Å². The molecule has 1 saturated heterocycles. The number of nitrogens with zero attached hydrogens (tertiary/aromatic N) is 3. The first kappa shape index (κ1) is 24.9. The maximum Gasteiger partial charge on any atom is 0.437 e. The average Bonchev–Trinajstić information content (AvgIpc) is 3.38. The molecular weight excluding hydrogens is 420 g/mol. The molecule has 0 radical (unpaired) electrons. The molecule has 1 N–H and O–H groups in total. The second kappa shape index (κ2) is 11.4. The Hall–Kier alpha value is -2.74. The number of hydrogen-bond acceptors (Lipinski definition) is 6. The zero-order valence-corrected chi connectivity index (χ0v) is 20.1. The van der Waals surface area contributed by atoms with E-state index in [4.69, 9.17) is 4.42 Å². The first-order valence-electron chi connectivity index (χ1n) is 11.9. The van der Waals surface area contributed by atoms with Gasteiger partial charge in [-0.3, -0.25) is 14.5 Å². The summed E-state index contributed by atoms with van der Waals surface area (Å²) in [5, 5.41) is 7.03. The van der Waals surface area contributed by atoms with Crippen molar-refractivity contribution in [2.45, 2.75) is 72.0 Å². The Morgan fingerprint density at radius 1 is 1.15 bits per heavy atom. The van der Waals surface area contributed by atoms with Crippen molar-refractivity contribution in [2.75, 3.05) is 13.1 Å². The topological polar surface area (TPSA) is 97.4 Å². The van der Waals surface area contributed by atoms with Crippen molar-refractivity contribution in [3.05, 3.63) is 52.3 Å². The molecule has 33 heavy (non-hydrogen) atoms. The molecule has 3 rings (SSSR count). The minimum absolute atomic E-state index is 0.150. The molecule has 1 fully saturated rings. The van der Waals surface area contributed by atoms with Crippen LogP contribution < -0.4 is 11.1 Å². The lowest BCUT2D eigenvalue weighted by molar-refractivity contribution is -0.126. The van der Waals surface area contributed by atoms with Crippen LogP contribution in [-0.2, 0) is 17.8 Å². The Kier molecular flexibility index (Phi) is 8.61. The summed E-state index contributed by atoms with van der Waals surface area (Å²) in [5.74, 6) is -1.13. The zero-order valence-electron chi connectivity index (χ0n) is 20.1. The van der Waals surface area contributed by atoms with Gasteiger partial charge in [0.25, 0.3) is 5.89 Å². The van der Waals surface area contributed by atoms with Gasteiger partial charge in [0.1, 0.15) is 0 Å². The molecule has 8 nitrogen and oxygen atoms in total. The van der Waals surface area contributed by atoms with Crippen molar-refractivity contribution in [3.8, 4) is 0 Å². The molecule has 2 aromatic rings. The molecule has 0 unspecified atom stereocenters. The van der Waals surface area contributed by atoms with Gasteiger partial charge in [-0.1, -0.05) is 58.0 Å². The smallest absolute Gasteiger partial charge is 0.384 e. The largest absolute Gasteiger partial charge is 0.437 e. The third-order valence-electron chi connectivity index (χ3n) is 5.89. The zero-order chi connectivity index (χ0) is 24.0. The van der Waals surface area contributed by atoms with Crippen LogP contribution in [0.2, 0.25) is 0 Å². The van der Waals surface area contributed by atoms with E-state index < -0.39 is 17.6 Å². The maximum absolute atomic E-state index is 13.2. The summed E-state index contributed by atoms with van der Waals surface area (Å²) in [4.78, 5) is 40.6. The number of carbonyl (C=O) groups excluding carboxylic acids is 2. The van der Waals surface area contributed by atoms with Gasteiger partial charge >= 0.3 is 5.76 Å². The van der Waals surface area contributed by atoms with Gasteiger partial charge in [-0.2, -0.15) is 4.68 Å². The average molecular weight is 457 g/mol. The van der Waals surface area contributed by atoms with Gasteiger partial charge in [-0.05, 0) is 49.6 Å². The molecular formula is C25H36N4O4. The molecule has 180 valence electrons. The fraction of sp³-hybridized carbons (Fsp3) is 0.600. The SMILES string of the molecule is CC(C)C[C@H](NC(=O)[C@H]1CCCN1CCc1ccccc1)C(=O)c1nn(CC(C)C)c(=O)o1. The molecule has 1 aromatic carbocycles. The number of benzene rings is 1. The molecule has 2 heterocycles. The van der Waals surface area contributed by atoms with E-state index in [9.17, 15) is 14.4 Å². The first-order chi connectivity index (χ1) is 15.7. The van der Waals surface area contributed by atoms with Crippen LogP contribution >= 0.6 is 0 Å². The number of likely N-dealkylation sites (tertiary alicyclic amines) is 1. The Labute approximate surface area is 195 Å². The normalized spacial score (nSPS) is 17.6. The van der Waals surface area contributed by atoms with Gasteiger partial charge in [0.2, 0.25) is 11.7 Å². The highest BCUT2D eigenvalue weighted by Crippen LogP contribution is 2.19. The van der Waals surface area contributed by atoms with Crippen molar-refractivity contribution in [2.24, 2.45) is 11.8 Å². The summed E-state index contributed by atoms with van der Waals surface area (Å²) in [7, 11) is 0. The third-order valence-corrected chi connectivity index (χ3v) is 5.89. The summed E-state index contributed by atoms with van der Waals surface area (Å²) in [6.45, 7) is 9.91. The van der Waals surface area contributed by atoms with Gasteiger partial charge in [0.15, 0.2) is 0 Å². The van der Waals surface area contributed by atoms with Gasteiger partial charge in [-0.15, -0.1) is 5.10 Å². The van der Waals surface area contributed by atoms with E-state index >= 15 is 0 Å². The highest BCUT2D eigenvalue weighted by molar-refractivity contribution is 5.99. The van der Waals surface area contributed by atoms with Crippen LogP contribution in [0.5, 0.6) is 0 Å². The quantitative estimate of drug-likeness (QED) is 0.522. The molecule has 2 atom stereocenters. The van der Waals surface area contributed by atoms with Gasteiger partial charge in [0, 0.05) is 6.54 Å². The van der Waals surface area contributed by atoms with Crippen molar-refractivity contribution in [1.29, 1.82) is 0 Å². The molecule has 0 spiro atoms. The lowest BCUT2D eigenvalue weighted by Crippen LogP contribution is -2.50. The van der Waals surface area contributed by atoms with Crippen molar-refractivity contribution in [3.63, 3.8) is 0 Å². The number of carbonyl (C=O) groups is 2. The first-order valence-corrected chi connectivity index (χ1v) is 11.9. The lowest BCUT2D eigenvalue weighted by Gasteiger charge is -2.26. The molecule has 1 aromatic heterocycles. The molecule has 1 aliphatic heterocycles. The van der Waals surface area contributed by atoms with Crippen LogP contribution in [0, 0.1) is 11.8 Å². The van der Waals surface area contributed by atoms with E-state index in [1.807, 2.05) is 45.9 Å². The molecule has 0 saturated carbocycles. The van der Waals surface area contributed by atoms with Crippen LogP contribution in [-0.4, -0.2) is 51.5 Å². The molecule has 1 aliphatic rings. The summed E-state index contributed by atoms with van der Waals surface area (Å²) >= 11 is 0. The van der Waals surface area contributed by atoms with Crippen LogP contribution in [0.25, 0.3) is 0 Å². The fourth-order valence-electron chi connectivity index (χ4n) is 4.30. The van der Waals surface area contributed by atoms with E-state index in [0.717, 1.165) is 32.4 Å². The van der Waals surface area contributed by atoms with Gasteiger partial charge < -0.3 is 9.73 Å². The number of amides is 1. The maximum atomic E-state index is 13.2. The number of hydrogen-bond donors (Lipinski definition) is 1. The van der Waals surface area contributed by atoms with Crippen LogP contribution in [0.1, 0.15) is 63.2 Å². The number of nitrogens with one attached hydrogen (secondary N) is 1. The second-order valence-corrected chi connectivity index (χ2v) is 9.73. The highest BCUT2D eigenvalue weighted by atomic mass is 16.4. The van der Waals surface area contributed by atoms with E-state index in [1.54, 1.807) is 0 Å². The summed E-state index contributed by atoms with van der Waals surface area (Å²) in [5.41, 5.74) is 1.24. The Balaban J connectivity index is 1.68. The summed E-state index contributed by atoms with van der Waals surface area (Å²) < 4.78 is 6.32. The number of aromatic nitrogens is 2. The number of ketones is 1. The Bertz CT molecular complexity index is 980. The van der Waals surface area contributed by atoms with Crippen LogP contribution in [0.3, 0.4) is 0 Å². The molecule has 8 heteroatoms. The molecule has 0 aliphatic carbocycles. The number of rotatable bonds is 11. The Morgan fingerprint density at radius 2 is 1.88 bits per heavy atom. The highest BCUT2D eigenvalue weighted by Gasteiger charge is 2.34. The van der Waals surface area contributed by atoms with Crippen LogP contribution in [0.15, 0.2) is 39.5 Å². The van der Waals surface area contributed by atoms with Crippen LogP contribution in [0.4, 0.5) is 0 Å². The standard InChI is InChI=1S/C25H36N4O4/c1-17(2)15-20(22(30)24-27-29(16-18(3)4)25(32)33-24)26-23(31)21-11-8-13-28(21)14-12-19-9-6-5-7-10-19/h5-7,9-10,17-18,20-21H,8,11-16H2,1-4H3,(H,26,31)/t20-,21+/m0/s1. The minimum atomic E-state index is -0.778. The predicted octanol–water partition coefficient (Wildman–Crippen LogP) is 2.91. The van der Waals surface area contributed by atoms with E-state index in [1.165, 1.54) is 10.2 Å². The summed E-state index contributed by atoms with van der Waals surface area (Å²) in [6.07, 6.45) is 3.03. The van der Waals surface area contributed by atoms with E-state index in [2.05, 4.69) is 27.4 Å². The van der Waals surface area contributed by atoms with Gasteiger partial charge in [-0.25, -0.2) is 4.79 Å². The van der Waals surface area contributed by atoms with Crippen molar-refractivity contribution in [1.82, 2.24) is 20.0 Å². The predicted molar refractivity (Wildman–Crippen MR) is 126 cm³/mol. The van der Waals surface area contributed by atoms with E-state index in [0.29, 0.717) is 13.0 Å². The lowest BCUT2D eigenvalue weighted by atomic mass is 9.99. The second-order valence-electron chi connectivity index (χ2n) is 9.73. The van der Waals surface area contributed by atoms with E-state index in [-0.39, 0.29) is 29.7 Å². The third kappa shape index (κ3) is 6.87. The molecule has 1 amide bonds. The fourth-order valence-corrected chi connectivity index (χ4v) is 4.30. The summed E-state index contributed by atoms with van der Waals surface area (Å²) in [6, 6.07) is 9.18. The van der Waals surface area contributed by atoms with Crippen molar-refractivity contribution < 1.29 is 14.0 Å².